The lowest BCUT2D eigenvalue weighted by atomic mass is 10.3. The summed E-state index contributed by atoms with van der Waals surface area (Å²) in [6, 6.07) is 0. The summed E-state index contributed by atoms with van der Waals surface area (Å²) < 4.78 is 58.0. The average molecular weight is 400 g/mol. The lowest BCUT2D eigenvalue weighted by Crippen LogP contribution is -2.25. The van der Waals surface area contributed by atoms with Gasteiger partial charge in [0, 0.05) is 0 Å². The van der Waals surface area contributed by atoms with Crippen LogP contribution in [0, 0.1) is 0 Å². The molecule has 0 aliphatic rings. The zero-order valence-corrected chi connectivity index (χ0v) is 14.0. The fourth-order valence-electron chi connectivity index (χ4n) is 1.91. The number of nitrogens with zero attached hydrogens (tertiary/aromatic N) is 4. The molecule has 2 heterocycles. The van der Waals surface area contributed by atoms with Gasteiger partial charge in [-0.3, -0.25) is 9.09 Å². The highest BCUT2D eigenvalue weighted by Crippen LogP contribution is 2.43. The van der Waals surface area contributed by atoms with E-state index in [0.29, 0.717) is 0 Å². The highest BCUT2D eigenvalue weighted by atomic mass is 31.2. The minimum Gasteiger partial charge on any atom is -0.394 e. The van der Waals surface area contributed by atoms with Crippen molar-refractivity contribution in [1.29, 1.82) is 0 Å². The van der Waals surface area contributed by atoms with Crippen molar-refractivity contribution in [1.82, 2.24) is 19.5 Å². The molecule has 0 aliphatic heterocycles. The van der Waals surface area contributed by atoms with Gasteiger partial charge in [0.2, 0.25) is 5.95 Å². The smallest absolute Gasteiger partial charge is 0.394 e. The van der Waals surface area contributed by atoms with Crippen molar-refractivity contribution in [2.24, 2.45) is 0 Å². The Labute approximate surface area is 144 Å². The molecular weight excluding hydrogens is 384 g/mol. The number of aliphatic hydroxyl groups excluding tert-OH is 1. The zero-order chi connectivity index (χ0) is 19.5. The first-order chi connectivity index (χ1) is 12.0. The van der Waals surface area contributed by atoms with Gasteiger partial charge in [0.25, 0.3) is 0 Å². The predicted octanol–water partition coefficient (Wildman–Crippen LogP) is 0.0900. The van der Waals surface area contributed by atoms with Crippen LogP contribution in [0.2, 0.25) is 0 Å². The number of alkyl halides is 3. The normalized spacial score (nSPS) is 15.9. The molecule has 0 amide bonds. The zero-order valence-electron chi connectivity index (χ0n) is 13.1. The summed E-state index contributed by atoms with van der Waals surface area (Å²) in [7, 11) is -4.65. The van der Waals surface area contributed by atoms with Crippen molar-refractivity contribution >= 4 is 30.5 Å². The van der Waals surface area contributed by atoms with Gasteiger partial charge in [-0.15, -0.1) is 0 Å². The Kier molecular flexibility index (Phi) is 6.03. The number of nitrogen functional groups attached to an aromatic ring is 2. The number of rotatable bonds is 8. The van der Waals surface area contributed by atoms with Crippen LogP contribution in [0.4, 0.5) is 24.9 Å². The van der Waals surface area contributed by atoms with Crippen LogP contribution >= 0.6 is 7.60 Å². The van der Waals surface area contributed by atoms with Gasteiger partial charge in [0.1, 0.15) is 11.9 Å². The number of nitrogens with two attached hydrogens (primary N) is 2. The van der Waals surface area contributed by atoms with Gasteiger partial charge in [-0.2, -0.15) is 23.1 Å². The van der Waals surface area contributed by atoms with E-state index >= 15 is 0 Å². The molecule has 0 aliphatic carbocycles. The fraction of sp³-hybridized carbons (Fsp3) is 0.545. The molecule has 0 spiro atoms. The molecule has 2 rings (SSSR count). The van der Waals surface area contributed by atoms with E-state index in [9.17, 15) is 27.7 Å². The number of anilines is 2. The molecule has 0 saturated heterocycles. The molecule has 0 saturated carbocycles. The largest absolute Gasteiger partial charge is 0.412 e. The molecule has 26 heavy (non-hydrogen) atoms. The van der Waals surface area contributed by atoms with E-state index in [2.05, 4.69) is 19.5 Å². The van der Waals surface area contributed by atoms with Crippen molar-refractivity contribution in [3.8, 4) is 0 Å². The lowest BCUT2D eigenvalue weighted by Gasteiger charge is -2.19. The van der Waals surface area contributed by atoms with E-state index in [0.717, 1.165) is 0 Å². The van der Waals surface area contributed by atoms with E-state index in [-0.39, 0.29) is 29.5 Å². The van der Waals surface area contributed by atoms with Crippen LogP contribution in [0.25, 0.3) is 11.2 Å². The van der Waals surface area contributed by atoms with Crippen molar-refractivity contribution in [3.63, 3.8) is 0 Å². The third-order valence-electron chi connectivity index (χ3n) is 3.02. The van der Waals surface area contributed by atoms with Gasteiger partial charge in [0.15, 0.2) is 18.1 Å². The van der Waals surface area contributed by atoms with E-state index < -0.39 is 39.4 Å². The summed E-state index contributed by atoms with van der Waals surface area (Å²) in [5.74, 6) is -0.0771. The van der Waals surface area contributed by atoms with E-state index in [1.807, 2.05) is 0 Å². The first-order valence-corrected chi connectivity index (χ1v) is 8.76. The molecule has 15 heteroatoms. The Morgan fingerprint density at radius 3 is 2.65 bits per heavy atom. The van der Waals surface area contributed by atoms with Crippen molar-refractivity contribution < 1.29 is 37.0 Å². The molecule has 146 valence electrons. The number of hydrogen-bond acceptors (Lipinski definition) is 9. The van der Waals surface area contributed by atoms with Gasteiger partial charge in [0.05, 0.1) is 25.6 Å². The monoisotopic (exact) mass is 400 g/mol. The highest BCUT2D eigenvalue weighted by molar-refractivity contribution is 7.52. The summed E-state index contributed by atoms with van der Waals surface area (Å²) in [5.41, 5.74) is 11.6. The molecule has 2 atom stereocenters. The summed E-state index contributed by atoms with van der Waals surface area (Å²) in [4.78, 5) is 21.0. The molecule has 1 unspecified atom stereocenters. The summed E-state index contributed by atoms with van der Waals surface area (Å²) >= 11 is 0. The number of aliphatic hydroxyl groups is 1. The van der Waals surface area contributed by atoms with Gasteiger partial charge >= 0.3 is 13.8 Å². The summed E-state index contributed by atoms with van der Waals surface area (Å²) in [6.07, 6.45) is -5.55. The first-order valence-electron chi connectivity index (χ1n) is 7.00. The second-order valence-electron chi connectivity index (χ2n) is 5.16. The Morgan fingerprint density at radius 1 is 1.35 bits per heavy atom. The van der Waals surface area contributed by atoms with E-state index in [1.165, 1.54) is 10.9 Å². The molecule has 0 aromatic carbocycles. The molecule has 6 N–H and O–H groups in total. The lowest BCUT2D eigenvalue weighted by molar-refractivity contribution is -0.155. The number of halogens is 3. The maximum absolute atomic E-state index is 12.0. The quantitative estimate of drug-likeness (QED) is 0.445. The van der Waals surface area contributed by atoms with Gasteiger partial charge in [-0.1, -0.05) is 0 Å². The SMILES string of the molecule is Nc1nc(N)c2ncn(C[C@@H](CO)OCP(=O)(O)OCC(F)(F)F)c2n1. The fourth-order valence-corrected chi connectivity index (χ4v) is 2.73. The van der Waals surface area contributed by atoms with Gasteiger partial charge < -0.3 is 30.8 Å². The molecule has 0 radical (unpaired) electrons. The highest BCUT2D eigenvalue weighted by Gasteiger charge is 2.33. The Hall–Kier alpha value is -1.99. The van der Waals surface area contributed by atoms with Crippen molar-refractivity contribution in [2.75, 3.05) is 31.0 Å². The van der Waals surface area contributed by atoms with Crippen molar-refractivity contribution in [3.05, 3.63) is 6.33 Å². The van der Waals surface area contributed by atoms with Gasteiger partial charge in [-0.25, -0.2) is 4.98 Å². The molecule has 2 aromatic rings. The van der Waals surface area contributed by atoms with Crippen LogP contribution in [-0.4, -0.2) is 61.4 Å². The molecular formula is C11H16F3N6O5P. The molecule has 0 fully saturated rings. The maximum atomic E-state index is 12.0. The van der Waals surface area contributed by atoms with Crippen LogP contribution in [0.15, 0.2) is 6.33 Å². The third kappa shape index (κ3) is 5.51. The van der Waals surface area contributed by atoms with Crippen LogP contribution in [0.5, 0.6) is 0 Å². The topological polar surface area (TPSA) is 172 Å². The number of fused-ring (bicyclic) bond motifs is 1. The standard InChI is InChI=1S/C11H16F3N6O5P/c12-11(13,14)3-25-26(22,23)5-24-6(2-21)1-20-4-17-7-8(15)18-10(16)19-9(7)20/h4,6,21H,1-3,5H2,(H,22,23)(H4,15,16,18,19)/t6-/m0/s1. The molecule has 0 bridgehead atoms. The molecule has 11 nitrogen and oxygen atoms in total. The Bertz CT molecular complexity index is 815. The number of aromatic nitrogens is 4. The van der Waals surface area contributed by atoms with Crippen LogP contribution < -0.4 is 11.5 Å². The Morgan fingerprint density at radius 2 is 2.04 bits per heavy atom. The third-order valence-corrected chi connectivity index (χ3v) is 4.02. The van der Waals surface area contributed by atoms with E-state index in [4.69, 9.17) is 16.2 Å². The second-order valence-corrected chi connectivity index (χ2v) is 6.95. The Balaban J connectivity index is 2.03. The second kappa shape index (κ2) is 7.72. The molecule has 2 aromatic heterocycles. The summed E-state index contributed by atoms with van der Waals surface area (Å²) in [6.45, 7) is -2.59. The predicted molar refractivity (Wildman–Crippen MR) is 82.8 cm³/mol. The maximum Gasteiger partial charge on any atom is 0.412 e. The van der Waals surface area contributed by atoms with Gasteiger partial charge in [-0.05, 0) is 0 Å². The first kappa shape index (κ1) is 20.3. The summed E-state index contributed by atoms with van der Waals surface area (Å²) in [5, 5.41) is 9.33. The number of hydrogen-bond donors (Lipinski definition) is 4. The minimum absolute atomic E-state index is 0.0353. The van der Waals surface area contributed by atoms with Crippen LogP contribution in [0.3, 0.4) is 0 Å². The number of imidazole rings is 1. The van der Waals surface area contributed by atoms with Crippen LogP contribution in [-0.2, 0) is 20.4 Å². The van der Waals surface area contributed by atoms with E-state index in [1.54, 1.807) is 0 Å². The minimum atomic E-state index is -4.76. The number of ether oxygens (including phenoxy) is 1. The van der Waals surface area contributed by atoms with Crippen LogP contribution in [0.1, 0.15) is 0 Å². The average Bonchev–Trinajstić information content (AvgIpc) is 2.92. The van der Waals surface area contributed by atoms with Crippen molar-refractivity contribution in [2.45, 2.75) is 18.8 Å².